The van der Waals surface area contributed by atoms with Crippen LogP contribution in [0.15, 0.2) is 54.6 Å². The van der Waals surface area contributed by atoms with Crippen molar-refractivity contribution >= 4 is 28.5 Å². The summed E-state index contributed by atoms with van der Waals surface area (Å²) >= 11 is 0. The Morgan fingerprint density at radius 2 is 1.79 bits per heavy atom. The maximum atomic E-state index is 12.9. The van der Waals surface area contributed by atoms with E-state index in [-0.39, 0.29) is 5.78 Å². The Morgan fingerprint density at radius 1 is 1.07 bits per heavy atom. The van der Waals surface area contributed by atoms with Crippen LogP contribution in [0.2, 0.25) is 0 Å². The maximum absolute atomic E-state index is 12.9. The number of hydrogen-bond acceptors (Lipinski definition) is 2. The summed E-state index contributed by atoms with van der Waals surface area (Å²) in [4.78, 5) is 12.8. The molecule has 0 unspecified atom stereocenters. The number of aromatic nitrogens is 3. The van der Waals surface area contributed by atoms with Crippen molar-refractivity contribution in [2.75, 3.05) is 0 Å². The highest BCUT2D eigenvalue weighted by atomic mass is 19.4. The minimum Gasteiger partial charge on any atom is -0.327 e. The minimum atomic E-state index is -4.42. The summed E-state index contributed by atoms with van der Waals surface area (Å²) in [6.45, 7) is 1.74. The van der Waals surface area contributed by atoms with Crippen LogP contribution in [0.25, 0.3) is 22.8 Å². The van der Waals surface area contributed by atoms with E-state index in [0.29, 0.717) is 22.5 Å². The molecule has 0 bridgehead atoms. The first-order valence-corrected chi connectivity index (χ1v) is 8.60. The van der Waals surface area contributed by atoms with Crippen LogP contribution in [0.3, 0.4) is 0 Å². The van der Waals surface area contributed by atoms with Gasteiger partial charge in [0.2, 0.25) is 0 Å². The molecule has 0 aliphatic carbocycles. The molecule has 2 heterocycles. The zero-order chi connectivity index (χ0) is 20.1. The van der Waals surface area contributed by atoms with Crippen molar-refractivity contribution in [1.82, 2.24) is 14.2 Å². The number of halogens is 3. The van der Waals surface area contributed by atoms with Crippen LogP contribution in [0.4, 0.5) is 13.2 Å². The Hall–Kier alpha value is -3.35. The highest BCUT2D eigenvalue weighted by molar-refractivity contribution is 6.12. The number of hydrogen-bond donors (Lipinski definition) is 0. The van der Waals surface area contributed by atoms with Crippen molar-refractivity contribution in [1.29, 1.82) is 0 Å². The fourth-order valence-corrected chi connectivity index (χ4v) is 3.40. The second kappa shape index (κ2) is 6.37. The van der Waals surface area contributed by atoms with Crippen LogP contribution >= 0.6 is 0 Å². The molecule has 142 valence electrons. The number of benzene rings is 2. The average molecular weight is 383 g/mol. The van der Waals surface area contributed by atoms with E-state index in [4.69, 9.17) is 0 Å². The number of allylic oxidation sites excluding steroid dienone is 1. The first-order chi connectivity index (χ1) is 13.3. The molecule has 2 aromatic carbocycles. The topological polar surface area (TPSA) is 39.3 Å². The smallest absolute Gasteiger partial charge is 0.327 e. The number of para-hydroxylation sites is 2. The summed E-state index contributed by atoms with van der Waals surface area (Å²) in [7, 11) is 1.85. The number of carbonyl (C=O) groups excluding carboxylic acids is 1. The predicted molar refractivity (Wildman–Crippen MR) is 101 cm³/mol. The normalized spacial score (nSPS) is 12.5. The molecule has 0 aliphatic heterocycles. The van der Waals surface area contributed by atoms with Gasteiger partial charge in [0.1, 0.15) is 5.65 Å². The Balaban J connectivity index is 1.76. The van der Waals surface area contributed by atoms with Crippen LogP contribution in [0, 0.1) is 6.92 Å². The Bertz CT molecular complexity index is 1250. The quantitative estimate of drug-likeness (QED) is 0.367. The van der Waals surface area contributed by atoms with E-state index in [9.17, 15) is 18.0 Å². The summed E-state index contributed by atoms with van der Waals surface area (Å²) in [5, 5.41) is 4.48. The Morgan fingerprint density at radius 3 is 2.50 bits per heavy atom. The van der Waals surface area contributed by atoms with Crippen molar-refractivity contribution in [3.8, 4) is 0 Å². The second-order valence-electron chi connectivity index (χ2n) is 6.56. The first kappa shape index (κ1) is 18.0. The fourth-order valence-electron chi connectivity index (χ4n) is 3.40. The number of nitrogens with zero attached hydrogens (tertiary/aromatic N) is 3. The van der Waals surface area contributed by atoms with Crippen molar-refractivity contribution in [3.05, 3.63) is 77.0 Å². The van der Waals surface area contributed by atoms with Gasteiger partial charge in [-0.1, -0.05) is 30.3 Å². The number of carbonyl (C=O) groups is 1. The Kier molecular flexibility index (Phi) is 4.10. The molecule has 0 amide bonds. The zero-order valence-electron chi connectivity index (χ0n) is 15.2. The second-order valence-corrected chi connectivity index (χ2v) is 6.56. The molecular weight excluding hydrogens is 367 g/mol. The monoisotopic (exact) mass is 383 g/mol. The van der Waals surface area contributed by atoms with Gasteiger partial charge in [0.25, 0.3) is 0 Å². The number of imidazole rings is 1. The predicted octanol–water partition coefficient (Wildman–Crippen LogP) is 5.05. The molecule has 0 saturated carbocycles. The van der Waals surface area contributed by atoms with Crippen molar-refractivity contribution in [2.24, 2.45) is 7.05 Å². The summed E-state index contributed by atoms with van der Waals surface area (Å²) in [5.74, 6) is -0.309. The van der Waals surface area contributed by atoms with E-state index in [1.54, 1.807) is 11.4 Å². The van der Waals surface area contributed by atoms with Crippen LogP contribution in [0.5, 0.6) is 0 Å². The van der Waals surface area contributed by atoms with Crippen LogP contribution in [0.1, 0.15) is 27.2 Å². The van der Waals surface area contributed by atoms with Gasteiger partial charge in [0.15, 0.2) is 5.78 Å². The van der Waals surface area contributed by atoms with E-state index in [1.165, 1.54) is 24.3 Å². The third kappa shape index (κ3) is 2.89. The number of rotatable bonds is 3. The molecule has 0 saturated heterocycles. The molecule has 4 aromatic rings. The molecule has 0 fully saturated rings. The molecular formula is C21H16F3N3O. The highest BCUT2D eigenvalue weighted by Crippen LogP contribution is 2.30. The molecule has 0 spiro atoms. The lowest BCUT2D eigenvalue weighted by atomic mass is 10.1. The van der Waals surface area contributed by atoms with E-state index >= 15 is 0 Å². The van der Waals surface area contributed by atoms with E-state index in [1.807, 2.05) is 35.9 Å². The van der Waals surface area contributed by atoms with Gasteiger partial charge >= 0.3 is 6.18 Å². The first-order valence-electron chi connectivity index (χ1n) is 8.60. The summed E-state index contributed by atoms with van der Waals surface area (Å²) in [6, 6.07) is 12.5. The summed E-state index contributed by atoms with van der Waals surface area (Å²) in [5.41, 5.74) is 3.01. The molecule has 4 rings (SSSR count). The number of ketones is 1. The van der Waals surface area contributed by atoms with Crippen molar-refractivity contribution in [2.45, 2.75) is 13.1 Å². The fraction of sp³-hybridized carbons (Fsp3) is 0.143. The third-order valence-electron chi connectivity index (χ3n) is 4.71. The zero-order valence-corrected chi connectivity index (χ0v) is 15.2. The van der Waals surface area contributed by atoms with Gasteiger partial charge < -0.3 is 4.57 Å². The van der Waals surface area contributed by atoms with Gasteiger partial charge in [0.05, 0.1) is 27.9 Å². The van der Waals surface area contributed by atoms with E-state index < -0.39 is 11.7 Å². The van der Waals surface area contributed by atoms with Crippen LogP contribution in [-0.4, -0.2) is 20.0 Å². The Labute approximate surface area is 158 Å². The summed E-state index contributed by atoms with van der Waals surface area (Å²) < 4.78 is 42.2. The summed E-state index contributed by atoms with van der Waals surface area (Å²) in [6.07, 6.45) is -1.74. The molecule has 0 atom stereocenters. The maximum Gasteiger partial charge on any atom is 0.416 e. The largest absolute Gasteiger partial charge is 0.416 e. The molecule has 28 heavy (non-hydrogen) atoms. The molecule has 0 radical (unpaired) electrons. The highest BCUT2D eigenvalue weighted by Gasteiger charge is 2.30. The lowest BCUT2D eigenvalue weighted by Crippen LogP contribution is -2.04. The van der Waals surface area contributed by atoms with Gasteiger partial charge in [-0.25, -0.2) is 4.52 Å². The standard InChI is InChI=1S/C21H16F3N3O/c1-13-19(20-26(2)16-8-3-4-9-17(16)27(20)25-13)18(28)11-10-14-6-5-7-15(12-14)21(22,23)24/h3-12H,1-2H3/b11-10+. The van der Waals surface area contributed by atoms with Crippen molar-refractivity contribution in [3.63, 3.8) is 0 Å². The molecule has 2 aromatic heterocycles. The van der Waals surface area contributed by atoms with Gasteiger partial charge in [-0.15, -0.1) is 0 Å². The third-order valence-corrected chi connectivity index (χ3v) is 4.71. The molecule has 4 nitrogen and oxygen atoms in total. The van der Waals surface area contributed by atoms with Crippen LogP contribution < -0.4 is 0 Å². The molecule has 0 aliphatic rings. The van der Waals surface area contributed by atoms with Crippen molar-refractivity contribution < 1.29 is 18.0 Å². The average Bonchev–Trinajstić information content (AvgIpc) is 3.14. The number of alkyl halides is 3. The molecule has 7 heteroatoms. The van der Waals surface area contributed by atoms with Gasteiger partial charge in [-0.2, -0.15) is 18.3 Å². The SMILES string of the molecule is Cc1nn2c3ccccc3n(C)c2c1C(=O)/C=C/c1cccc(C(F)(F)F)c1. The van der Waals surface area contributed by atoms with E-state index in [2.05, 4.69) is 5.10 Å². The lowest BCUT2D eigenvalue weighted by molar-refractivity contribution is -0.137. The number of aryl methyl sites for hydroxylation is 2. The van der Waals surface area contributed by atoms with Gasteiger partial charge in [-0.3, -0.25) is 4.79 Å². The van der Waals surface area contributed by atoms with Gasteiger partial charge in [-0.05, 0) is 42.8 Å². The molecule has 0 N–H and O–H groups in total. The van der Waals surface area contributed by atoms with E-state index in [0.717, 1.165) is 23.2 Å². The lowest BCUT2D eigenvalue weighted by Gasteiger charge is -2.06. The minimum absolute atomic E-state index is 0.307. The van der Waals surface area contributed by atoms with Gasteiger partial charge in [0, 0.05) is 7.05 Å². The van der Waals surface area contributed by atoms with Crippen LogP contribution in [-0.2, 0) is 13.2 Å². The number of fused-ring (bicyclic) bond motifs is 3.